The first kappa shape index (κ1) is 57.7. The number of carboxylic acid groups (broad SMARTS) is 2. The van der Waals surface area contributed by atoms with E-state index < -0.39 is 17.9 Å². The fourth-order valence-electron chi connectivity index (χ4n) is 7.51. The molecule has 15 nitrogen and oxygen atoms in total. The van der Waals surface area contributed by atoms with Gasteiger partial charge in [-0.3, -0.25) is 33.6 Å². The molecule has 0 unspecified atom stereocenters. The Kier molecular flexibility index (Phi) is 35.9. The van der Waals surface area contributed by atoms with Crippen molar-refractivity contribution in [3.8, 4) is 0 Å². The van der Waals surface area contributed by atoms with Crippen LogP contribution in [0.5, 0.6) is 0 Å². The third kappa shape index (κ3) is 34.8. The van der Waals surface area contributed by atoms with Gasteiger partial charge >= 0.3 is 11.9 Å². The number of ether oxygens (including phenoxy) is 4. The number of ketones is 3. The van der Waals surface area contributed by atoms with Gasteiger partial charge in [-0.2, -0.15) is 0 Å². The first-order valence-corrected chi connectivity index (χ1v) is 24.2. The van der Waals surface area contributed by atoms with Gasteiger partial charge in [-0.25, -0.2) is 0 Å². The van der Waals surface area contributed by atoms with Crippen LogP contribution in [0.25, 0.3) is 0 Å². The Morgan fingerprint density at radius 1 is 0.540 bits per heavy atom. The van der Waals surface area contributed by atoms with Gasteiger partial charge in [0, 0.05) is 63.6 Å². The van der Waals surface area contributed by atoms with Crippen LogP contribution in [0.2, 0.25) is 0 Å². The van der Waals surface area contributed by atoms with Crippen molar-refractivity contribution in [2.24, 2.45) is 23.7 Å². The summed E-state index contributed by atoms with van der Waals surface area (Å²) < 4.78 is 21.4. The molecule has 0 bridgehead atoms. The molecule has 1 rings (SSSR count). The number of hydrogen-bond acceptors (Lipinski definition) is 11. The number of carbonyl (C=O) groups excluding carboxylic acids is 5. The molecule has 2 amide bonds. The molecule has 0 spiro atoms. The van der Waals surface area contributed by atoms with Gasteiger partial charge in [0.05, 0.1) is 39.0 Å². The number of carbonyl (C=O) groups is 7. The molecule has 0 aromatic carbocycles. The van der Waals surface area contributed by atoms with E-state index in [2.05, 4.69) is 10.6 Å². The normalized spacial score (nSPS) is 15.5. The Labute approximate surface area is 377 Å². The molecule has 1 aliphatic carbocycles. The SMILES string of the molecule is CC(C)C(=O)COCCOCCCC(=O)COCCOCCNC(=O)CC[C@H](CC(=O)C1CCC(CNC(=O)CCCCCCCCCCCCCCCCC(=O)O)CC1)C(=O)O. The smallest absolute Gasteiger partial charge is 0.306 e. The highest BCUT2D eigenvalue weighted by Gasteiger charge is 2.30. The third-order valence-electron chi connectivity index (χ3n) is 11.7. The van der Waals surface area contributed by atoms with Crippen LogP contribution in [0, 0.1) is 23.7 Å². The van der Waals surface area contributed by atoms with Crippen molar-refractivity contribution in [3.05, 3.63) is 0 Å². The quantitative estimate of drug-likeness (QED) is 0.0438. The maximum atomic E-state index is 13.0. The van der Waals surface area contributed by atoms with Crippen LogP contribution in [0.4, 0.5) is 0 Å². The van der Waals surface area contributed by atoms with E-state index in [1.54, 1.807) is 0 Å². The number of carboxylic acids is 2. The van der Waals surface area contributed by atoms with Crippen molar-refractivity contribution >= 4 is 41.1 Å². The lowest BCUT2D eigenvalue weighted by molar-refractivity contribution is -0.145. The highest BCUT2D eigenvalue weighted by atomic mass is 16.5. The van der Waals surface area contributed by atoms with Crippen LogP contribution in [0.1, 0.15) is 174 Å². The number of Topliss-reactive ketones (excluding diaryl/α,β-unsaturated/α-hetero) is 3. The standard InChI is InChI=1S/C48H84N2O13/c1-38(2)44(53)37-63-33-30-60-28-17-18-42(51)36-62-32-31-61-29-27-49-46(55)26-25-41(48(58)59)34-43(52)40-23-21-39(22-24-40)35-50-45(54)19-15-13-11-9-7-5-3-4-6-8-10-12-14-16-20-47(56)57/h38-41H,3-37H2,1-2H3,(H,49,55)(H,50,54)(H,56,57)(H,58,59)/t39?,40?,41-/m1/s1. The lowest BCUT2D eigenvalue weighted by atomic mass is 9.78. The van der Waals surface area contributed by atoms with E-state index in [0.29, 0.717) is 64.4 Å². The highest BCUT2D eigenvalue weighted by molar-refractivity contribution is 5.86. The fourth-order valence-corrected chi connectivity index (χ4v) is 7.51. The summed E-state index contributed by atoms with van der Waals surface area (Å²) in [5.74, 6) is -2.93. The van der Waals surface area contributed by atoms with Crippen LogP contribution < -0.4 is 10.6 Å². The van der Waals surface area contributed by atoms with Crippen LogP contribution in [-0.4, -0.2) is 117 Å². The Bertz CT molecular complexity index is 1270. The molecular formula is C48H84N2O13. The molecular weight excluding hydrogens is 813 g/mol. The van der Waals surface area contributed by atoms with E-state index in [0.717, 1.165) is 51.4 Å². The molecule has 63 heavy (non-hydrogen) atoms. The summed E-state index contributed by atoms with van der Waals surface area (Å²) in [6, 6.07) is 0. The molecule has 0 saturated heterocycles. The minimum Gasteiger partial charge on any atom is -0.481 e. The van der Waals surface area contributed by atoms with E-state index in [1.165, 1.54) is 51.4 Å². The van der Waals surface area contributed by atoms with Crippen molar-refractivity contribution in [2.45, 2.75) is 174 Å². The van der Waals surface area contributed by atoms with Crippen LogP contribution in [0.3, 0.4) is 0 Å². The molecule has 0 aromatic rings. The van der Waals surface area contributed by atoms with Crippen LogP contribution >= 0.6 is 0 Å². The zero-order chi connectivity index (χ0) is 46.3. The topological polar surface area (TPSA) is 221 Å². The largest absolute Gasteiger partial charge is 0.481 e. The van der Waals surface area contributed by atoms with Crippen molar-refractivity contribution in [1.82, 2.24) is 10.6 Å². The van der Waals surface area contributed by atoms with Crippen molar-refractivity contribution in [3.63, 3.8) is 0 Å². The first-order chi connectivity index (χ1) is 30.4. The molecule has 1 fully saturated rings. The lowest BCUT2D eigenvalue weighted by Crippen LogP contribution is -2.33. The summed E-state index contributed by atoms with van der Waals surface area (Å²) in [5.41, 5.74) is 0. The lowest BCUT2D eigenvalue weighted by Gasteiger charge is -2.28. The monoisotopic (exact) mass is 897 g/mol. The molecule has 0 radical (unpaired) electrons. The third-order valence-corrected chi connectivity index (χ3v) is 11.7. The number of hydrogen-bond donors (Lipinski definition) is 4. The zero-order valence-corrected chi connectivity index (χ0v) is 38.9. The van der Waals surface area contributed by atoms with Crippen molar-refractivity contribution in [2.75, 3.05) is 65.9 Å². The number of unbranched alkanes of at least 4 members (excludes halogenated alkanes) is 13. The van der Waals surface area contributed by atoms with E-state index >= 15 is 0 Å². The summed E-state index contributed by atoms with van der Waals surface area (Å²) in [7, 11) is 0. The van der Waals surface area contributed by atoms with Gasteiger partial charge in [0.1, 0.15) is 19.0 Å². The summed E-state index contributed by atoms with van der Waals surface area (Å²) in [4.78, 5) is 83.7. The molecule has 15 heteroatoms. The second-order valence-electron chi connectivity index (χ2n) is 17.6. The number of rotatable bonds is 44. The minimum atomic E-state index is -1.08. The summed E-state index contributed by atoms with van der Waals surface area (Å²) in [6.07, 6.45) is 20.7. The van der Waals surface area contributed by atoms with Gasteiger partial charge in [-0.1, -0.05) is 90.9 Å². The summed E-state index contributed by atoms with van der Waals surface area (Å²) >= 11 is 0. The number of nitrogens with one attached hydrogen (secondary N) is 2. The maximum Gasteiger partial charge on any atom is 0.306 e. The van der Waals surface area contributed by atoms with Crippen molar-refractivity contribution in [1.29, 1.82) is 0 Å². The maximum absolute atomic E-state index is 13.0. The van der Waals surface area contributed by atoms with Gasteiger partial charge in [-0.15, -0.1) is 0 Å². The van der Waals surface area contributed by atoms with Gasteiger partial charge < -0.3 is 39.8 Å². The first-order valence-electron chi connectivity index (χ1n) is 24.2. The van der Waals surface area contributed by atoms with Crippen LogP contribution in [-0.2, 0) is 52.5 Å². The Balaban J connectivity index is 2.01. The van der Waals surface area contributed by atoms with Gasteiger partial charge in [0.15, 0.2) is 11.6 Å². The molecule has 0 aliphatic heterocycles. The van der Waals surface area contributed by atoms with E-state index in [9.17, 15) is 38.7 Å². The van der Waals surface area contributed by atoms with Crippen LogP contribution in [0.15, 0.2) is 0 Å². The Morgan fingerprint density at radius 2 is 1.05 bits per heavy atom. The molecule has 1 atom stereocenters. The predicted octanol–water partition coefficient (Wildman–Crippen LogP) is 7.43. The van der Waals surface area contributed by atoms with E-state index in [4.69, 9.17) is 24.1 Å². The number of amides is 2. The minimum absolute atomic E-state index is 0.0113. The van der Waals surface area contributed by atoms with Gasteiger partial charge in [0.25, 0.3) is 0 Å². The second kappa shape index (κ2) is 39.1. The number of aliphatic carboxylic acids is 2. The van der Waals surface area contributed by atoms with Crippen molar-refractivity contribution < 1.29 is 62.7 Å². The highest BCUT2D eigenvalue weighted by Crippen LogP contribution is 2.31. The molecule has 0 heterocycles. The predicted molar refractivity (Wildman–Crippen MR) is 240 cm³/mol. The average Bonchev–Trinajstić information content (AvgIpc) is 3.25. The molecule has 1 saturated carbocycles. The Hall–Kier alpha value is -3.27. The van der Waals surface area contributed by atoms with E-state index in [1.807, 2.05) is 13.8 Å². The summed E-state index contributed by atoms with van der Waals surface area (Å²) in [5, 5.41) is 24.2. The summed E-state index contributed by atoms with van der Waals surface area (Å²) in [6.45, 7) is 6.35. The van der Waals surface area contributed by atoms with E-state index in [-0.39, 0.29) is 106 Å². The van der Waals surface area contributed by atoms with Gasteiger partial charge in [-0.05, 0) is 57.3 Å². The fraction of sp³-hybridized carbons (Fsp3) is 0.854. The molecule has 4 N–H and O–H groups in total. The molecule has 1 aliphatic rings. The second-order valence-corrected chi connectivity index (χ2v) is 17.6. The van der Waals surface area contributed by atoms with Gasteiger partial charge in [0.2, 0.25) is 11.8 Å². The zero-order valence-electron chi connectivity index (χ0n) is 38.9. The average molecular weight is 897 g/mol. The molecule has 364 valence electrons. The molecule has 0 aromatic heterocycles. The Morgan fingerprint density at radius 3 is 1.60 bits per heavy atom.